The summed E-state index contributed by atoms with van der Waals surface area (Å²) in [5, 5.41) is 10.9. The number of nitriles is 1. The van der Waals surface area contributed by atoms with Crippen LogP contribution in [0, 0.1) is 11.3 Å². The number of anilines is 2. The lowest BCUT2D eigenvalue weighted by atomic mass is 10.3. The molecule has 2 aromatic rings. The van der Waals surface area contributed by atoms with Crippen LogP contribution in [-0.4, -0.2) is 12.0 Å². The first-order valence-electron chi connectivity index (χ1n) is 5.11. The van der Waals surface area contributed by atoms with Gasteiger partial charge in [0.1, 0.15) is 11.9 Å². The topological polar surface area (TPSA) is 65.9 Å². The van der Waals surface area contributed by atoms with Crippen LogP contribution in [0.4, 0.5) is 11.5 Å². The highest BCUT2D eigenvalue weighted by Gasteiger charge is 2.07. The summed E-state index contributed by atoms with van der Waals surface area (Å²) in [6.07, 6.45) is 0. The standard InChI is InChI=1S/C12H12N4S/c1-16(8-9-3-2-6-17-9)12-5-4-10(14)11(7-13)15-12/h2-6H,8,14H2,1H3. The van der Waals surface area contributed by atoms with Gasteiger partial charge in [-0.05, 0) is 23.6 Å². The molecule has 0 spiro atoms. The minimum atomic E-state index is 0.278. The maximum absolute atomic E-state index is 8.87. The SMILES string of the molecule is CN(Cc1cccs1)c1ccc(N)c(C#N)n1. The molecular formula is C12H12N4S. The second-order valence-electron chi connectivity index (χ2n) is 3.65. The summed E-state index contributed by atoms with van der Waals surface area (Å²) in [6, 6.07) is 9.62. The smallest absolute Gasteiger partial charge is 0.165 e. The van der Waals surface area contributed by atoms with Gasteiger partial charge in [0.05, 0.1) is 12.2 Å². The van der Waals surface area contributed by atoms with Crippen molar-refractivity contribution < 1.29 is 0 Å². The number of hydrogen-bond acceptors (Lipinski definition) is 5. The molecule has 2 N–H and O–H groups in total. The molecule has 2 heterocycles. The van der Waals surface area contributed by atoms with Crippen LogP contribution < -0.4 is 10.6 Å². The first-order chi connectivity index (χ1) is 8.20. The van der Waals surface area contributed by atoms with Crippen molar-refractivity contribution in [1.82, 2.24) is 4.98 Å². The number of aromatic nitrogens is 1. The molecule has 4 nitrogen and oxygen atoms in total. The molecule has 5 heteroatoms. The van der Waals surface area contributed by atoms with E-state index in [1.807, 2.05) is 35.5 Å². The zero-order chi connectivity index (χ0) is 12.3. The number of nitrogens with zero attached hydrogens (tertiary/aromatic N) is 3. The summed E-state index contributed by atoms with van der Waals surface area (Å²) in [4.78, 5) is 7.46. The average Bonchev–Trinajstić information content (AvgIpc) is 2.82. The fourth-order valence-corrected chi connectivity index (χ4v) is 2.24. The molecular weight excluding hydrogens is 232 g/mol. The van der Waals surface area contributed by atoms with E-state index in [0.717, 1.165) is 12.4 Å². The summed E-state index contributed by atoms with van der Waals surface area (Å²) in [6.45, 7) is 0.777. The molecule has 0 saturated heterocycles. The number of rotatable bonds is 3. The lowest BCUT2D eigenvalue weighted by Crippen LogP contribution is -2.17. The van der Waals surface area contributed by atoms with Crippen molar-refractivity contribution >= 4 is 22.8 Å². The van der Waals surface area contributed by atoms with Crippen molar-refractivity contribution in [3.63, 3.8) is 0 Å². The molecule has 0 bridgehead atoms. The number of hydrogen-bond donors (Lipinski definition) is 1. The van der Waals surface area contributed by atoms with Crippen LogP contribution in [0.25, 0.3) is 0 Å². The first kappa shape index (κ1) is 11.4. The van der Waals surface area contributed by atoms with Gasteiger partial charge in [-0.25, -0.2) is 4.98 Å². The van der Waals surface area contributed by atoms with Crippen LogP contribution in [0.3, 0.4) is 0 Å². The van der Waals surface area contributed by atoms with E-state index >= 15 is 0 Å². The molecule has 0 aliphatic rings. The third kappa shape index (κ3) is 2.55. The minimum Gasteiger partial charge on any atom is -0.396 e. The normalized spacial score (nSPS) is 9.88. The van der Waals surface area contributed by atoms with E-state index in [9.17, 15) is 0 Å². The Labute approximate surface area is 104 Å². The Morgan fingerprint density at radius 3 is 2.94 bits per heavy atom. The summed E-state index contributed by atoms with van der Waals surface area (Å²) in [7, 11) is 1.94. The van der Waals surface area contributed by atoms with E-state index in [0.29, 0.717) is 5.69 Å². The van der Waals surface area contributed by atoms with Gasteiger partial charge in [0.15, 0.2) is 5.69 Å². The first-order valence-corrected chi connectivity index (χ1v) is 5.99. The highest BCUT2D eigenvalue weighted by atomic mass is 32.1. The monoisotopic (exact) mass is 244 g/mol. The molecule has 0 aliphatic carbocycles. The molecule has 0 aromatic carbocycles. The van der Waals surface area contributed by atoms with Crippen LogP contribution in [-0.2, 0) is 6.54 Å². The largest absolute Gasteiger partial charge is 0.396 e. The second-order valence-corrected chi connectivity index (χ2v) is 4.69. The lowest BCUT2D eigenvalue weighted by Gasteiger charge is -2.17. The zero-order valence-electron chi connectivity index (χ0n) is 9.42. The van der Waals surface area contributed by atoms with E-state index < -0.39 is 0 Å². The van der Waals surface area contributed by atoms with E-state index in [-0.39, 0.29) is 5.69 Å². The summed E-state index contributed by atoms with van der Waals surface area (Å²) >= 11 is 1.70. The molecule has 2 rings (SSSR count). The predicted octanol–water partition coefficient (Wildman–Crippen LogP) is 2.23. The maximum atomic E-state index is 8.87. The van der Waals surface area contributed by atoms with Crippen LogP contribution in [0.15, 0.2) is 29.6 Å². The van der Waals surface area contributed by atoms with Gasteiger partial charge in [0.2, 0.25) is 0 Å². The fraction of sp³-hybridized carbons (Fsp3) is 0.167. The third-order valence-corrected chi connectivity index (χ3v) is 3.24. The van der Waals surface area contributed by atoms with Crippen LogP contribution in [0.2, 0.25) is 0 Å². The maximum Gasteiger partial charge on any atom is 0.165 e. The van der Waals surface area contributed by atoms with E-state index in [1.54, 1.807) is 17.4 Å². The number of nitrogens with two attached hydrogens (primary N) is 1. The zero-order valence-corrected chi connectivity index (χ0v) is 10.2. The van der Waals surface area contributed by atoms with Crippen molar-refractivity contribution in [2.75, 3.05) is 17.7 Å². The second kappa shape index (κ2) is 4.85. The number of pyridine rings is 1. The molecule has 2 aromatic heterocycles. The Morgan fingerprint density at radius 1 is 1.47 bits per heavy atom. The molecule has 0 atom stereocenters. The van der Waals surface area contributed by atoms with Gasteiger partial charge in [0, 0.05) is 11.9 Å². The Hall–Kier alpha value is -2.06. The van der Waals surface area contributed by atoms with Gasteiger partial charge < -0.3 is 10.6 Å². The van der Waals surface area contributed by atoms with Gasteiger partial charge in [0.25, 0.3) is 0 Å². The highest BCUT2D eigenvalue weighted by molar-refractivity contribution is 7.09. The van der Waals surface area contributed by atoms with E-state index in [2.05, 4.69) is 11.1 Å². The Balaban J connectivity index is 2.20. The molecule has 86 valence electrons. The van der Waals surface area contributed by atoms with Gasteiger partial charge in [-0.3, -0.25) is 0 Å². The lowest BCUT2D eigenvalue weighted by molar-refractivity contribution is 0.911. The Morgan fingerprint density at radius 2 is 2.29 bits per heavy atom. The van der Waals surface area contributed by atoms with Crippen molar-refractivity contribution in [2.24, 2.45) is 0 Å². The quantitative estimate of drug-likeness (QED) is 0.899. The Kier molecular flexibility index (Phi) is 3.26. The van der Waals surface area contributed by atoms with E-state index in [1.165, 1.54) is 4.88 Å². The summed E-state index contributed by atoms with van der Waals surface area (Å²) < 4.78 is 0. The van der Waals surface area contributed by atoms with Gasteiger partial charge in [-0.15, -0.1) is 11.3 Å². The molecule has 0 amide bonds. The molecule has 0 fully saturated rings. The molecule has 0 saturated carbocycles. The molecule has 17 heavy (non-hydrogen) atoms. The molecule has 0 radical (unpaired) electrons. The van der Waals surface area contributed by atoms with Gasteiger partial charge >= 0.3 is 0 Å². The van der Waals surface area contributed by atoms with Gasteiger partial charge in [-0.1, -0.05) is 6.07 Å². The minimum absolute atomic E-state index is 0.278. The van der Waals surface area contributed by atoms with Crippen LogP contribution >= 0.6 is 11.3 Å². The van der Waals surface area contributed by atoms with Crippen molar-refractivity contribution in [2.45, 2.75) is 6.54 Å². The van der Waals surface area contributed by atoms with Crippen molar-refractivity contribution in [1.29, 1.82) is 5.26 Å². The number of nitrogen functional groups attached to an aromatic ring is 1. The van der Waals surface area contributed by atoms with Crippen molar-refractivity contribution in [3.05, 3.63) is 40.2 Å². The van der Waals surface area contributed by atoms with Crippen LogP contribution in [0.5, 0.6) is 0 Å². The Bertz CT molecular complexity index is 542. The molecule has 0 aliphatic heterocycles. The number of thiophene rings is 1. The van der Waals surface area contributed by atoms with E-state index in [4.69, 9.17) is 11.0 Å². The summed E-state index contributed by atoms with van der Waals surface area (Å²) in [5.74, 6) is 0.754. The van der Waals surface area contributed by atoms with Gasteiger partial charge in [-0.2, -0.15) is 5.26 Å². The summed E-state index contributed by atoms with van der Waals surface area (Å²) in [5.41, 5.74) is 6.33. The highest BCUT2D eigenvalue weighted by Crippen LogP contribution is 2.18. The average molecular weight is 244 g/mol. The molecule has 0 unspecified atom stereocenters. The van der Waals surface area contributed by atoms with Crippen molar-refractivity contribution in [3.8, 4) is 6.07 Å². The van der Waals surface area contributed by atoms with Crippen LogP contribution in [0.1, 0.15) is 10.6 Å². The predicted molar refractivity (Wildman–Crippen MR) is 69.8 cm³/mol. The fourth-order valence-electron chi connectivity index (χ4n) is 1.48. The third-order valence-electron chi connectivity index (χ3n) is 2.38.